The summed E-state index contributed by atoms with van der Waals surface area (Å²) in [5.41, 5.74) is 5.09. The van der Waals surface area contributed by atoms with Crippen LogP contribution in [0.1, 0.15) is 33.4 Å². The van der Waals surface area contributed by atoms with Gasteiger partial charge < -0.3 is 19.4 Å². The maximum Gasteiger partial charge on any atom is 0.258 e. The second-order valence-corrected chi connectivity index (χ2v) is 8.41. The van der Waals surface area contributed by atoms with Crippen LogP contribution in [-0.4, -0.2) is 32.9 Å². The van der Waals surface area contributed by atoms with E-state index >= 15 is 0 Å². The minimum absolute atomic E-state index is 0.0552. The van der Waals surface area contributed by atoms with Gasteiger partial charge in [-0.05, 0) is 54.1 Å². The first-order valence-electron chi connectivity index (χ1n) is 11.4. The van der Waals surface area contributed by atoms with Crippen LogP contribution in [0.15, 0.2) is 89.5 Å². The number of nitrogens with zero attached hydrogens (tertiary/aromatic N) is 4. The number of rotatable bonds is 6. The van der Waals surface area contributed by atoms with Crippen LogP contribution in [0, 0.1) is 0 Å². The number of anilines is 1. The number of hydrogen-bond acceptors (Lipinski definition) is 6. The Morgan fingerprint density at radius 3 is 2.71 bits per heavy atom. The van der Waals surface area contributed by atoms with Gasteiger partial charge >= 0.3 is 0 Å². The predicted molar refractivity (Wildman–Crippen MR) is 131 cm³/mol. The molecule has 0 radical (unpaired) electrons. The summed E-state index contributed by atoms with van der Waals surface area (Å²) in [5.74, 6) is 1.40. The molecule has 6 rings (SSSR count). The fraction of sp³-hybridized carbons (Fsp3) is 0.148. The van der Waals surface area contributed by atoms with E-state index in [2.05, 4.69) is 21.7 Å². The number of hydrogen-bond donors (Lipinski definition) is 1. The zero-order chi connectivity index (χ0) is 23.8. The van der Waals surface area contributed by atoms with Crippen molar-refractivity contribution < 1.29 is 13.9 Å². The van der Waals surface area contributed by atoms with Crippen LogP contribution in [0.2, 0.25) is 0 Å². The molecule has 0 bridgehead atoms. The Bertz CT molecular complexity index is 1510. The van der Waals surface area contributed by atoms with Crippen LogP contribution in [0.4, 0.5) is 5.69 Å². The highest BCUT2D eigenvalue weighted by Gasteiger charge is 2.33. The number of carbonyl (C=O) groups is 1. The molecule has 0 saturated heterocycles. The Labute approximate surface area is 201 Å². The Kier molecular flexibility index (Phi) is 5.18. The Hall–Kier alpha value is -4.59. The highest BCUT2D eigenvalue weighted by Crippen LogP contribution is 2.36. The minimum Gasteiger partial charge on any atom is -0.496 e. The summed E-state index contributed by atoms with van der Waals surface area (Å²) < 4.78 is 13.1. The van der Waals surface area contributed by atoms with Gasteiger partial charge in [0.1, 0.15) is 23.2 Å². The van der Waals surface area contributed by atoms with Gasteiger partial charge in [0, 0.05) is 11.3 Å². The molecule has 1 amide bonds. The van der Waals surface area contributed by atoms with Crippen LogP contribution < -0.4 is 10.1 Å². The van der Waals surface area contributed by atoms with Gasteiger partial charge in [-0.3, -0.25) is 4.79 Å². The molecule has 35 heavy (non-hydrogen) atoms. The molecule has 0 fully saturated rings. The van der Waals surface area contributed by atoms with Crippen molar-refractivity contribution in [1.29, 1.82) is 0 Å². The van der Waals surface area contributed by atoms with E-state index in [0.717, 1.165) is 33.6 Å². The van der Waals surface area contributed by atoms with Gasteiger partial charge in [0.05, 0.1) is 37.5 Å². The standard InChI is InChI=1S/C27H23N5O3/c1-34-25-13-12-18(15-19(25)16-32-24-11-5-4-10-23(24)29-30-32)26-28-22-9-3-2-8-21(22)27(33)31(26)17-20-7-6-14-35-20/h2-15,26,28H,16-17H2,1H3. The lowest BCUT2D eigenvalue weighted by Gasteiger charge is -2.38. The lowest BCUT2D eigenvalue weighted by atomic mass is 10.0. The van der Waals surface area contributed by atoms with E-state index in [9.17, 15) is 4.79 Å². The molecule has 0 saturated carbocycles. The predicted octanol–water partition coefficient (Wildman–Crippen LogP) is 4.85. The number of ether oxygens (including phenoxy) is 1. The third-order valence-electron chi connectivity index (χ3n) is 6.29. The molecule has 1 atom stereocenters. The third kappa shape index (κ3) is 3.78. The molecule has 174 valence electrons. The van der Waals surface area contributed by atoms with E-state index in [1.54, 1.807) is 18.3 Å². The van der Waals surface area contributed by atoms with Gasteiger partial charge in [0.15, 0.2) is 0 Å². The van der Waals surface area contributed by atoms with Crippen LogP contribution in [-0.2, 0) is 13.1 Å². The molecule has 3 aromatic carbocycles. The van der Waals surface area contributed by atoms with E-state index in [0.29, 0.717) is 24.4 Å². The smallest absolute Gasteiger partial charge is 0.258 e. The number of carbonyl (C=O) groups excluding carboxylic acids is 1. The maximum atomic E-state index is 13.5. The monoisotopic (exact) mass is 465 g/mol. The SMILES string of the molecule is COc1ccc(C2Nc3ccccc3C(=O)N2Cc2ccco2)cc1Cn1nnc2ccccc21. The summed E-state index contributed by atoms with van der Waals surface area (Å²) >= 11 is 0. The summed E-state index contributed by atoms with van der Waals surface area (Å²) in [6.45, 7) is 0.819. The average molecular weight is 466 g/mol. The van der Waals surface area contributed by atoms with E-state index in [1.165, 1.54) is 0 Å². The number of methoxy groups -OCH3 is 1. The van der Waals surface area contributed by atoms with Crippen LogP contribution >= 0.6 is 0 Å². The largest absolute Gasteiger partial charge is 0.496 e. The van der Waals surface area contributed by atoms with E-state index in [1.807, 2.05) is 77.5 Å². The first kappa shape index (κ1) is 21.0. The number of benzene rings is 3. The average Bonchev–Trinajstić information content (AvgIpc) is 3.56. The van der Waals surface area contributed by atoms with Crippen molar-refractivity contribution >= 4 is 22.6 Å². The second-order valence-electron chi connectivity index (χ2n) is 8.41. The van der Waals surface area contributed by atoms with Gasteiger partial charge in [0.2, 0.25) is 0 Å². The normalized spacial score (nSPS) is 15.2. The molecule has 3 heterocycles. The molecule has 0 aliphatic carbocycles. The summed E-state index contributed by atoms with van der Waals surface area (Å²) in [6.07, 6.45) is 1.23. The Morgan fingerprint density at radius 1 is 1.00 bits per heavy atom. The van der Waals surface area contributed by atoms with Crippen molar-refractivity contribution in [3.05, 3.63) is 108 Å². The number of para-hydroxylation sites is 2. The quantitative estimate of drug-likeness (QED) is 0.386. The zero-order valence-corrected chi connectivity index (χ0v) is 19.1. The van der Waals surface area contributed by atoms with Gasteiger partial charge in [0.25, 0.3) is 5.91 Å². The summed E-state index contributed by atoms with van der Waals surface area (Å²) in [6, 6.07) is 25.1. The molecular weight excluding hydrogens is 442 g/mol. The first-order chi connectivity index (χ1) is 17.2. The lowest BCUT2D eigenvalue weighted by molar-refractivity contribution is 0.0651. The van der Waals surface area contributed by atoms with Gasteiger partial charge in [-0.2, -0.15) is 0 Å². The van der Waals surface area contributed by atoms with Crippen LogP contribution in [0.3, 0.4) is 0 Å². The number of furan rings is 1. The lowest BCUT2D eigenvalue weighted by Crippen LogP contribution is -2.42. The number of nitrogens with one attached hydrogen (secondary N) is 1. The first-order valence-corrected chi connectivity index (χ1v) is 11.4. The number of aromatic nitrogens is 3. The minimum atomic E-state index is -0.389. The number of fused-ring (bicyclic) bond motifs is 2. The Morgan fingerprint density at radius 2 is 1.86 bits per heavy atom. The topological polar surface area (TPSA) is 85.4 Å². The molecule has 0 spiro atoms. The molecule has 5 aromatic rings. The van der Waals surface area contributed by atoms with E-state index in [-0.39, 0.29) is 12.1 Å². The molecule has 8 heteroatoms. The van der Waals surface area contributed by atoms with Crippen molar-refractivity contribution in [1.82, 2.24) is 19.9 Å². The third-order valence-corrected chi connectivity index (χ3v) is 6.29. The van der Waals surface area contributed by atoms with Gasteiger partial charge in [-0.1, -0.05) is 35.5 Å². The van der Waals surface area contributed by atoms with Crippen molar-refractivity contribution in [2.24, 2.45) is 0 Å². The second kappa shape index (κ2) is 8.64. The van der Waals surface area contributed by atoms with E-state index < -0.39 is 0 Å². The maximum absolute atomic E-state index is 13.5. The molecule has 1 aliphatic rings. The van der Waals surface area contributed by atoms with Gasteiger partial charge in [-0.15, -0.1) is 5.10 Å². The molecule has 8 nitrogen and oxygen atoms in total. The molecule has 1 aliphatic heterocycles. The zero-order valence-electron chi connectivity index (χ0n) is 19.1. The molecule has 1 N–H and O–H groups in total. The van der Waals surface area contributed by atoms with Gasteiger partial charge in [-0.25, -0.2) is 4.68 Å². The van der Waals surface area contributed by atoms with E-state index in [4.69, 9.17) is 9.15 Å². The molecule has 1 unspecified atom stereocenters. The van der Waals surface area contributed by atoms with Crippen LogP contribution in [0.5, 0.6) is 5.75 Å². The summed E-state index contributed by atoms with van der Waals surface area (Å²) in [4.78, 5) is 15.3. The molecular formula is C27H23N5O3. The highest BCUT2D eigenvalue weighted by atomic mass is 16.5. The van der Waals surface area contributed by atoms with Crippen molar-refractivity contribution in [2.75, 3.05) is 12.4 Å². The van der Waals surface area contributed by atoms with Crippen molar-refractivity contribution in [3.63, 3.8) is 0 Å². The van der Waals surface area contributed by atoms with Crippen molar-refractivity contribution in [3.8, 4) is 5.75 Å². The highest BCUT2D eigenvalue weighted by molar-refractivity contribution is 6.01. The number of amides is 1. The summed E-state index contributed by atoms with van der Waals surface area (Å²) in [7, 11) is 1.65. The van der Waals surface area contributed by atoms with Crippen molar-refractivity contribution in [2.45, 2.75) is 19.3 Å². The summed E-state index contributed by atoms with van der Waals surface area (Å²) in [5, 5.41) is 12.1. The molecule has 2 aromatic heterocycles. The Balaban J connectivity index is 1.40. The fourth-order valence-corrected chi connectivity index (χ4v) is 4.58. The van der Waals surface area contributed by atoms with Crippen LogP contribution in [0.25, 0.3) is 11.0 Å². The fourth-order valence-electron chi connectivity index (χ4n) is 4.58.